The first kappa shape index (κ1) is 33.1. The van der Waals surface area contributed by atoms with Crippen LogP contribution in [0.4, 0.5) is 14.5 Å². The predicted molar refractivity (Wildman–Crippen MR) is 158 cm³/mol. The van der Waals surface area contributed by atoms with Crippen molar-refractivity contribution in [3.8, 4) is 0 Å². The number of benzene rings is 2. The number of anilines is 1. The first-order valence-corrected chi connectivity index (χ1v) is 15.5. The van der Waals surface area contributed by atoms with Crippen molar-refractivity contribution in [3.05, 3.63) is 94.8 Å². The average molecular weight is 605 g/mol. The van der Waals surface area contributed by atoms with Crippen LogP contribution in [0.3, 0.4) is 0 Å². The summed E-state index contributed by atoms with van der Waals surface area (Å²) in [5.41, 5.74) is 2.71. The van der Waals surface area contributed by atoms with E-state index in [1.807, 2.05) is 18.2 Å². The van der Waals surface area contributed by atoms with Crippen LogP contribution in [0, 0.1) is 11.6 Å². The van der Waals surface area contributed by atoms with Crippen molar-refractivity contribution in [2.45, 2.75) is 44.9 Å². The van der Waals surface area contributed by atoms with E-state index >= 15 is 0 Å². The maximum Gasteiger partial charge on any atom is 0.253 e. The predicted octanol–water partition coefficient (Wildman–Crippen LogP) is 3.22. The molecule has 42 heavy (non-hydrogen) atoms. The molecule has 0 fully saturated rings. The Bertz CT molecular complexity index is 1420. The largest absolute Gasteiger partial charge is 0.390 e. The Labute approximate surface area is 246 Å². The molecule has 0 bridgehead atoms. The van der Waals surface area contributed by atoms with E-state index in [-0.39, 0.29) is 36.3 Å². The Kier molecular flexibility index (Phi) is 12.3. The summed E-state index contributed by atoms with van der Waals surface area (Å²) in [6.07, 6.45) is 3.79. The summed E-state index contributed by atoms with van der Waals surface area (Å²) < 4.78 is 58.8. The molecule has 1 heterocycles. The number of sulfonamides is 1. The van der Waals surface area contributed by atoms with Crippen molar-refractivity contribution in [3.63, 3.8) is 0 Å². The first-order valence-electron chi connectivity index (χ1n) is 13.6. The highest BCUT2D eigenvalue weighted by Crippen LogP contribution is 2.19. The molecule has 3 N–H and O–H groups in total. The molecule has 1 amide bonds. The highest BCUT2D eigenvalue weighted by atomic mass is 32.2. The lowest BCUT2D eigenvalue weighted by molar-refractivity contribution is 0.0829. The number of aryl methyl sites for hydroxylation is 1. The molecule has 228 valence electrons. The lowest BCUT2D eigenvalue weighted by Gasteiger charge is -2.26. The third-order valence-corrected chi connectivity index (χ3v) is 7.82. The standard InChI is InChI=1S/C30H38F2N4O5S/c1-4-21-7-5-8-22(11-21)17-33-20-29(37)28(14-23-12-25(31)16-26(32)13-23)35-30(38)24-15-27(19-34-18-24)36(42(3,39)40)9-6-10-41-2/h5,7-8,11-13,15-16,18-19,28-29,33,37H,4,6,9-10,14,17,20H2,1-3H3,(H,35,38). The van der Waals surface area contributed by atoms with Crippen molar-refractivity contribution in [1.82, 2.24) is 15.6 Å². The maximum absolute atomic E-state index is 13.9. The highest BCUT2D eigenvalue weighted by Gasteiger charge is 2.24. The van der Waals surface area contributed by atoms with Gasteiger partial charge in [-0.05, 0) is 54.2 Å². The summed E-state index contributed by atoms with van der Waals surface area (Å²) in [6, 6.07) is 11.5. The van der Waals surface area contributed by atoms with E-state index in [0.717, 1.165) is 40.7 Å². The summed E-state index contributed by atoms with van der Waals surface area (Å²) in [7, 11) is -2.16. The van der Waals surface area contributed by atoms with Crippen LogP contribution in [0.5, 0.6) is 0 Å². The Morgan fingerprint density at radius 3 is 2.45 bits per heavy atom. The van der Waals surface area contributed by atoms with Gasteiger partial charge in [0.1, 0.15) is 11.6 Å². The molecule has 0 aliphatic rings. The fourth-order valence-electron chi connectivity index (χ4n) is 4.51. The fraction of sp³-hybridized carbons (Fsp3) is 0.400. The number of methoxy groups -OCH3 is 1. The topological polar surface area (TPSA) is 121 Å². The number of nitrogens with one attached hydrogen (secondary N) is 2. The minimum absolute atomic E-state index is 0.0554. The van der Waals surface area contributed by atoms with Gasteiger partial charge in [-0.25, -0.2) is 17.2 Å². The minimum Gasteiger partial charge on any atom is -0.390 e. The molecule has 3 rings (SSSR count). The number of hydrogen-bond acceptors (Lipinski definition) is 7. The Morgan fingerprint density at radius 2 is 1.79 bits per heavy atom. The summed E-state index contributed by atoms with van der Waals surface area (Å²) in [5, 5.41) is 17.0. The van der Waals surface area contributed by atoms with Gasteiger partial charge in [-0.1, -0.05) is 31.2 Å². The second-order valence-electron chi connectivity index (χ2n) is 10.0. The molecule has 1 aromatic heterocycles. The van der Waals surface area contributed by atoms with Gasteiger partial charge in [0.05, 0.1) is 35.8 Å². The van der Waals surface area contributed by atoms with Crippen LogP contribution in [0.15, 0.2) is 60.9 Å². The number of carbonyl (C=O) groups is 1. The molecule has 0 aliphatic heterocycles. The number of aromatic nitrogens is 1. The summed E-state index contributed by atoms with van der Waals surface area (Å²) >= 11 is 0. The first-order chi connectivity index (χ1) is 20.0. The van der Waals surface area contributed by atoms with Crippen molar-refractivity contribution in [1.29, 1.82) is 0 Å². The highest BCUT2D eigenvalue weighted by molar-refractivity contribution is 7.92. The average Bonchev–Trinajstić information content (AvgIpc) is 2.94. The van der Waals surface area contributed by atoms with Gasteiger partial charge < -0.3 is 20.5 Å². The molecule has 0 saturated carbocycles. The molecular weight excluding hydrogens is 566 g/mol. The van der Waals surface area contributed by atoms with Gasteiger partial charge in [-0.15, -0.1) is 0 Å². The maximum atomic E-state index is 13.9. The number of halogens is 2. The second kappa shape index (κ2) is 15.7. The zero-order valence-corrected chi connectivity index (χ0v) is 24.8. The van der Waals surface area contributed by atoms with Crippen LogP contribution in [0.2, 0.25) is 0 Å². The molecule has 0 saturated heterocycles. The van der Waals surface area contributed by atoms with E-state index in [9.17, 15) is 27.1 Å². The number of carbonyl (C=O) groups excluding carboxylic acids is 1. The van der Waals surface area contributed by atoms with Crippen LogP contribution in [-0.2, 0) is 34.1 Å². The van der Waals surface area contributed by atoms with Gasteiger partial charge in [0.2, 0.25) is 10.0 Å². The van der Waals surface area contributed by atoms with Crippen LogP contribution in [0.1, 0.15) is 40.4 Å². The van der Waals surface area contributed by atoms with E-state index in [1.165, 1.54) is 31.1 Å². The number of pyridine rings is 1. The van der Waals surface area contributed by atoms with Gasteiger partial charge in [0, 0.05) is 45.6 Å². The number of amides is 1. The number of ether oxygens (including phenoxy) is 1. The molecule has 9 nitrogen and oxygen atoms in total. The van der Waals surface area contributed by atoms with Crippen molar-refractivity contribution in [2.75, 3.05) is 37.4 Å². The zero-order chi connectivity index (χ0) is 30.7. The molecule has 0 radical (unpaired) electrons. The third kappa shape index (κ3) is 10.1. The van der Waals surface area contributed by atoms with E-state index in [0.29, 0.717) is 19.6 Å². The number of hydrogen-bond donors (Lipinski definition) is 3. The molecule has 12 heteroatoms. The van der Waals surface area contributed by atoms with E-state index in [2.05, 4.69) is 28.6 Å². The smallest absolute Gasteiger partial charge is 0.253 e. The number of aliphatic hydroxyl groups is 1. The molecule has 0 spiro atoms. The van der Waals surface area contributed by atoms with E-state index in [4.69, 9.17) is 4.74 Å². The molecular formula is C30H38F2N4O5S. The summed E-state index contributed by atoms with van der Waals surface area (Å²) in [5.74, 6) is -2.18. The van der Waals surface area contributed by atoms with Crippen molar-refractivity contribution < 1.29 is 31.8 Å². The van der Waals surface area contributed by atoms with Gasteiger partial charge in [0.25, 0.3) is 5.91 Å². The number of aliphatic hydroxyl groups excluding tert-OH is 1. The normalized spacial score (nSPS) is 13.0. The van der Waals surface area contributed by atoms with Crippen molar-refractivity contribution in [2.24, 2.45) is 0 Å². The number of rotatable bonds is 16. The third-order valence-electron chi connectivity index (χ3n) is 6.63. The van der Waals surface area contributed by atoms with E-state index in [1.54, 1.807) is 0 Å². The van der Waals surface area contributed by atoms with Crippen LogP contribution >= 0.6 is 0 Å². The Balaban J connectivity index is 1.79. The lowest BCUT2D eigenvalue weighted by Crippen LogP contribution is -2.48. The van der Waals surface area contributed by atoms with Crippen molar-refractivity contribution >= 4 is 21.6 Å². The quantitative estimate of drug-likeness (QED) is 0.215. The lowest BCUT2D eigenvalue weighted by atomic mass is 10.00. The van der Waals surface area contributed by atoms with Crippen LogP contribution < -0.4 is 14.9 Å². The zero-order valence-electron chi connectivity index (χ0n) is 24.0. The van der Waals surface area contributed by atoms with E-state index < -0.39 is 39.7 Å². The summed E-state index contributed by atoms with van der Waals surface area (Å²) in [6.45, 7) is 3.08. The monoisotopic (exact) mass is 604 g/mol. The second-order valence-corrected chi connectivity index (χ2v) is 12.0. The fourth-order valence-corrected chi connectivity index (χ4v) is 5.45. The SMILES string of the molecule is CCc1cccc(CNCC(O)C(Cc2cc(F)cc(F)c2)NC(=O)c2cncc(N(CCCOC)S(C)(=O)=O)c2)c1. The van der Waals surface area contributed by atoms with Gasteiger partial charge in [-0.3, -0.25) is 14.1 Å². The van der Waals surface area contributed by atoms with Crippen LogP contribution in [0.25, 0.3) is 0 Å². The van der Waals surface area contributed by atoms with Crippen LogP contribution in [-0.4, -0.2) is 69.6 Å². The molecule has 0 aliphatic carbocycles. The molecule has 2 atom stereocenters. The molecule has 2 aromatic carbocycles. The molecule has 3 aromatic rings. The van der Waals surface area contributed by atoms with Gasteiger partial charge in [-0.2, -0.15) is 0 Å². The summed E-state index contributed by atoms with van der Waals surface area (Å²) in [4.78, 5) is 17.4. The number of nitrogens with zero attached hydrogens (tertiary/aromatic N) is 2. The minimum atomic E-state index is -3.68. The Morgan fingerprint density at radius 1 is 1.07 bits per heavy atom. The van der Waals surface area contributed by atoms with Gasteiger partial charge in [0.15, 0.2) is 0 Å². The van der Waals surface area contributed by atoms with Gasteiger partial charge >= 0.3 is 0 Å². The Hall–Kier alpha value is -3.45. The molecule has 2 unspecified atom stereocenters.